The van der Waals surface area contributed by atoms with Crippen molar-refractivity contribution < 1.29 is 18.7 Å². The second-order valence-electron chi connectivity index (χ2n) is 7.24. The molecule has 2 N–H and O–H groups in total. The lowest BCUT2D eigenvalue weighted by molar-refractivity contribution is -0.385. The summed E-state index contributed by atoms with van der Waals surface area (Å²) < 4.78 is 25.3. The van der Waals surface area contributed by atoms with Crippen LogP contribution >= 0.6 is 7.67 Å². The van der Waals surface area contributed by atoms with Gasteiger partial charge in [0, 0.05) is 19.2 Å². The number of hydrogen-bond acceptors (Lipinski definition) is 5. The average molecular weight is 439 g/mol. The fourth-order valence-electron chi connectivity index (χ4n) is 3.17. The fraction of sp³-hybridized carbons (Fsp3) is 0.182. The number of ether oxygens (including phenoxy) is 1. The highest BCUT2D eigenvalue weighted by atomic mass is 31.2. The maximum Gasteiger partial charge on any atom is 0.341 e. The van der Waals surface area contributed by atoms with Crippen molar-refractivity contribution in [1.82, 2.24) is 4.67 Å². The summed E-state index contributed by atoms with van der Waals surface area (Å²) in [4.78, 5) is 11.0. The van der Waals surface area contributed by atoms with Crippen LogP contribution in [0.25, 0.3) is 11.1 Å². The number of hydrogen-bond donors (Lipinski definition) is 1. The molecule has 1 aliphatic heterocycles. The molecule has 1 fully saturated rings. The van der Waals surface area contributed by atoms with Gasteiger partial charge in [-0.2, -0.15) is 0 Å². The second kappa shape index (κ2) is 8.61. The van der Waals surface area contributed by atoms with Crippen LogP contribution in [0.4, 0.5) is 5.69 Å². The number of rotatable bonds is 8. The van der Waals surface area contributed by atoms with Crippen LogP contribution in [-0.2, 0) is 9.09 Å². The molecule has 1 aliphatic rings. The molecule has 160 valence electrons. The predicted molar refractivity (Wildman–Crippen MR) is 118 cm³/mol. The highest BCUT2D eigenvalue weighted by Crippen LogP contribution is 2.51. The van der Waals surface area contributed by atoms with E-state index in [0.717, 1.165) is 11.1 Å². The Morgan fingerprint density at radius 1 is 1.03 bits per heavy atom. The summed E-state index contributed by atoms with van der Waals surface area (Å²) in [5.41, 5.74) is 8.25. The molecule has 1 unspecified atom stereocenters. The van der Waals surface area contributed by atoms with Crippen molar-refractivity contribution in [3.05, 3.63) is 88.5 Å². The van der Waals surface area contributed by atoms with Crippen molar-refractivity contribution in [3.8, 4) is 22.6 Å². The van der Waals surface area contributed by atoms with E-state index in [9.17, 15) is 14.7 Å². The van der Waals surface area contributed by atoms with E-state index in [2.05, 4.69) is 0 Å². The van der Waals surface area contributed by atoms with Crippen LogP contribution in [0, 0.1) is 10.1 Å². The molecule has 0 aliphatic carbocycles. The highest BCUT2D eigenvalue weighted by molar-refractivity contribution is 7.54. The second-order valence-corrected chi connectivity index (χ2v) is 9.15. The summed E-state index contributed by atoms with van der Waals surface area (Å²) in [5, 5.41) is 11.5. The van der Waals surface area contributed by atoms with Crippen LogP contribution in [0.3, 0.4) is 0 Å². The van der Waals surface area contributed by atoms with Gasteiger partial charge in [-0.25, -0.2) is 10.2 Å². The topological polar surface area (TPSA) is 108 Å². The summed E-state index contributed by atoms with van der Waals surface area (Å²) in [6, 6.07) is 21.6. The zero-order chi connectivity index (χ0) is 22.0. The molecule has 0 bridgehead atoms. The molecule has 3 aromatic carbocycles. The molecule has 0 spiro atoms. The largest absolute Gasteiger partial charge is 0.450 e. The SMILES string of the molecule is C[C@@H](OP(N)(=O)N1CC1)c1ccc([N+](=O)[O-])c(Oc2ccc(-c3ccccc3)cc2)c1. The van der Waals surface area contributed by atoms with Crippen LogP contribution in [0.1, 0.15) is 18.6 Å². The summed E-state index contributed by atoms with van der Waals surface area (Å²) in [6.45, 7) is 2.96. The van der Waals surface area contributed by atoms with E-state index in [0.29, 0.717) is 24.4 Å². The first kappa shape index (κ1) is 21.2. The van der Waals surface area contributed by atoms with Crippen molar-refractivity contribution in [3.63, 3.8) is 0 Å². The maximum absolute atomic E-state index is 12.4. The van der Waals surface area contributed by atoms with E-state index >= 15 is 0 Å². The van der Waals surface area contributed by atoms with Crippen molar-refractivity contribution in [2.24, 2.45) is 5.50 Å². The van der Waals surface area contributed by atoms with Crippen LogP contribution in [0.2, 0.25) is 0 Å². The van der Waals surface area contributed by atoms with Crippen LogP contribution in [0.5, 0.6) is 11.5 Å². The number of nitro groups is 1. The molecule has 2 atom stereocenters. The van der Waals surface area contributed by atoms with Crippen molar-refractivity contribution in [2.45, 2.75) is 13.0 Å². The minimum atomic E-state index is -3.36. The van der Waals surface area contributed by atoms with Crippen molar-refractivity contribution in [1.29, 1.82) is 0 Å². The Morgan fingerprint density at radius 3 is 2.29 bits per heavy atom. The first-order valence-electron chi connectivity index (χ1n) is 9.77. The smallest absolute Gasteiger partial charge is 0.341 e. The van der Waals surface area contributed by atoms with Gasteiger partial charge in [0.25, 0.3) is 0 Å². The molecule has 31 heavy (non-hydrogen) atoms. The van der Waals surface area contributed by atoms with Gasteiger partial charge in [-0.05, 0) is 47.9 Å². The number of nitrogens with two attached hydrogens (primary N) is 1. The Labute approximate surface area is 179 Å². The number of nitrogens with zero attached hydrogens (tertiary/aromatic N) is 2. The Morgan fingerprint density at radius 2 is 1.68 bits per heavy atom. The molecule has 1 heterocycles. The minimum Gasteiger partial charge on any atom is -0.450 e. The van der Waals surface area contributed by atoms with E-state index in [1.54, 1.807) is 29.8 Å². The lowest BCUT2D eigenvalue weighted by Crippen LogP contribution is -2.11. The maximum atomic E-state index is 12.4. The third kappa shape index (κ3) is 5.00. The van der Waals surface area contributed by atoms with Crippen LogP contribution in [0.15, 0.2) is 72.8 Å². The van der Waals surface area contributed by atoms with E-state index in [4.69, 9.17) is 14.8 Å². The van der Waals surface area contributed by atoms with E-state index in [-0.39, 0.29) is 11.4 Å². The monoisotopic (exact) mass is 439 g/mol. The Kier molecular flexibility index (Phi) is 5.89. The molecule has 0 amide bonds. The standard InChI is InChI=1S/C22H22N3O5P/c1-16(30-31(23,28)24-13-14-24)19-9-12-21(25(26)27)22(15-19)29-20-10-7-18(8-11-20)17-5-3-2-4-6-17/h2-12,15-16H,13-14H2,1H3,(H2,23,28)/t16-,31?/m1/s1. The summed E-state index contributed by atoms with van der Waals surface area (Å²) >= 11 is 0. The lowest BCUT2D eigenvalue weighted by Gasteiger charge is -2.20. The van der Waals surface area contributed by atoms with Crippen molar-refractivity contribution in [2.75, 3.05) is 13.1 Å². The molecule has 0 saturated carbocycles. The van der Waals surface area contributed by atoms with E-state index < -0.39 is 18.7 Å². The Bertz CT molecular complexity index is 1130. The number of nitro benzene ring substituents is 1. The van der Waals surface area contributed by atoms with Gasteiger partial charge in [0.15, 0.2) is 0 Å². The summed E-state index contributed by atoms with van der Waals surface area (Å²) in [6.07, 6.45) is -0.625. The van der Waals surface area contributed by atoms with Crippen LogP contribution in [-0.4, -0.2) is 22.7 Å². The minimum absolute atomic E-state index is 0.0731. The molecular weight excluding hydrogens is 417 g/mol. The fourth-order valence-corrected chi connectivity index (χ4v) is 4.52. The molecule has 1 saturated heterocycles. The summed E-state index contributed by atoms with van der Waals surface area (Å²) in [7, 11) is -3.36. The zero-order valence-electron chi connectivity index (χ0n) is 16.9. The quantitative estimate of drug-likeness (QED) is 0.213. The average Bonchev–Trinajstić information content (AvgIpc) is 3.61. The van der Waals surface area contributed by atoms with Gasteiger partial charge < -0.3 is 4.74 Å². The van der Waals surface area contributed by atoms with Crippen molar-refractivity contribution >= 4 is 13.4 Å². The molecule has 0 aromatic heterocycles. The molecule has 3 aromatic rings. The van der Waals surface area contributed by atoms with Gasteiger partial charge in [-0.1, -0.05) is 42.5 Å². The molecule has 0 radical (unpaired) electrons. The van der Waals surface area contributed by atoms with Gasteiger partial charge in [0.2, 0.25) is 5.75 Å². The van der Waals surface area contributed by atoms with E-state index in [1.807, 2.05) is 42.5 Å². The molecular formula is C22H22N3O5P. The zero-order valence-corrected chi connectivity index (χ0v) is 17.8. The lowest BCUT2D eigenvalue weighted by atomic mass is 10.1. The third-order valence-electron chi connectivity index (χ3n) is 4.97. The highest BCUT2D eigenvalue weighted by Gasteiger charge is 2.37. The first-order valence-corrected chi connectivity index (χ1v) is 11.4. The molecule has 9 heteroatoms. The molecule has 8 nitrogen and oxygen atoms in total. The normalized spacial score (nSPS) is 16.3. The van der Waals surface area contributed by atoms with Gasteiger partial charge in [0.1, 0.15) is 5.75 Å². The van der Waals surface area contributed by atoms with Gasteiger partial charge in [-0.3, -0.25) is 19.2 Å². The number of benzene rings is 3. The Hall–Kier alpha value is -3.03. The van der Waals surface area contributed by atoms with Crippen LogP contribution < -0.4 is 10.2 Å². The Balaban J connectivity index is 1.57. The van der Waals surface area contributed by atoms with Gasteiger partial charge in [0.05, 0.1) is 11.0 Å². The van der Waals surface area contributed by atoms with Gasteiger partial charge >= 0.3 is 13.4 Å². The van der Waals surface area contributed by atoms with E-state index in [1.165, 1.54) is 12.1 Å². The van der Waals surface area contributed by atoms with Gasteiger partial charge in [-0.15, -0.1) is 0 Å². The third-order valence-corrected chi connectivity index (χ3v) is 6.77. The summed E-state index contributed by atoms with van der Waals surface area (Å²) in [5.74, 6) is 0.533. The molecule has 4 rings (SSSR count). The predicted octanol–water partition coefficient (Wildman–Crippen LogP) is 5.51. The first-order chi connectivity index (χ1) is 14.8.